The van der Waals surface area contributed by atoms with Crippen LogP contribution in [0.15, 0.2) is 23.2 Å². The van der Waals surface area contributed by atoms with Gasteiger partial charge in [-0.15, -0.1) is 3.71 Å². The highest BCUT2D eigenvalue weighted by Crippen LogP contribution is 2.21. The third kappa shape index (κ3) is 6.36. The lowest BCUT2D eigenvalue weighted by Gasteiger charge is -2.21. The Bertz CT molecular complexity index is 603. The van der Waals surface area contributed by atoms with E-state index in [0.717, 1.165) is 23.4 Å². The van der Waals surface area contributed by atoms with Crippen molar-refractivity contribution >= 4 is 45.7 Å². The largest absolute Gasteiger partial charge is 0.260 e. The highest BCUT2D eigenvalue weighted by molar-refractivity contribution is 8.07. The fourth-order valence-corrected chi connectivity index (χ4v) is 3.78. The van der Waals surface area contributed by atoms with E-state index in [1.165, 1.54) is 9.97 Å². The Kier molecular flexibility index (Phi) is 7.15. The topological polar surface area (TPSA) is 61.8 Å². The standard InChI is InChI=1S/C13H20ClN3O2S2/c1-10(2)17(21(4,18)19)20-16-8-7-15-13-6-5-12(14)9-11(13)3/h5-7,9-10,16H,8H2,1-4H3. The lowest BCUT2D eigenvalue weighted by molar-refractivity contribution is 0.505. The van der Waals surface area contributed by atoms with Crippen LogP contribution in [0.2, 0.25) is 5.02 Å². The molecule has 0 aromatic heterocycles. The van der Waals surface area contributed by atoms with Gasteiger partial charge in [0.05, 0.1) is 11.9 Å². The number of rotatable bonds is 7. The summed E-state index contributed by atoms with van der Waals surface area (Å²) in [6, 6.07) is 5.36. The van der Waals surface area contributed by atoms with E-state index < -0.39 is 10.0 Å². The number of sulfonamides is 1. The summed E-state index contributed by atoms with van der Waals surface area (Å²) in [5.41, 5.74) is 1.83. The van der Waals surface area contributed by atoms with Gasteiger partial charge in [0.15, 0.2) is 0 Å². The van der Waals surface area contributed by atoms with Crippen molar-refractivity contribution in [2.24, 2.45) is 4.99 Å². The number of benzene rings is 1. The normalized spacial score (nSPS) is 12.7. The second-order valence-electron chi connectivity index (χ2n) is 4.79. The van der Waals surface area contributed by atoms with Crippen LogP contribution in [-0.2, 0) is 10.0 Å². The smallest absolute Gasteiger partial charge is 0.221 e. The second-order valence-corrected chi connectivity index (χ2v) is 8.19. The molecule has 0 heterocycles. The van der Waals surface area contributed by atoms with Gasteiger partial charge in [-0.25, -0.2) is 13.1 Å². The van der Waals surface area contributed by atoms with Gasteiger partial charge >= 0.3 is 0 Å². The van der Waals surface area contributed by atoms with Crippen LogP contribution in [0.4, 0.5) is 5.69 Å². The van der Waals surface area contributed by atoms with Gasteiger partial charge in [-0.05, 0) is 44.5 Å². The van der Waals surface area contributed by atoms with E-state index in [4.69, 9.17) is 11.6 Å². The molecule has 0 aliphatic carbocycles. The van der Waals surface area contributed by atoms with E-state index in [0.29, 0.717) is 11.6 Å². The summed E-state index contributed by atoms with van der Waals surface area (Å²) in [5.74, 6) is 0. The molecule has 1 aromatic carbocycles. The number of halogens is 1. The third-order valence-corrected chi connectivity index (χ3v) is 5.71. The molecule has 1 rings (SSSR count). The van der Waals surface area contributed by atoms with Gasteiger partial charge < -0.3 is 0 Å². The van der Waals surface area contributed by atoms with Gasteiger partial charge in [0.25, 0.3) is 0 Å². The molecule has 1 N–H and O–H groups in total. The highest BCUT2D eigenvalue weighted by atomic mass is 35.5. The molecule has 0 aliphatic heterocycles. The monoisotopic (exact) mass is 349 g/mol. The fourth-order valence-electron chi connectivity index (χ4n) is 1.60. The molecular formula is C13H20ClN3O2S2. The number of nitrogens with one attached hydrogen (secondary N) is 1. The van der Waals surface area contributed by atoms with Crippen LogP contribution >= 0.6 is 23.7 Å². The van der Waals surface area contributed by atoms with Crippen molar-refractivity contribution in [2.75, 3.05) is 12.8 Å². The van der Waals surface area contributed by atoms with Gasteiger partial charge in [0.1, 0.15) is 0 Å². The molecule has 5 nitrogen and oxygen atoms in total. The minimum atomic E-state index is -3.24. The minimum Gasteiger partial charge on any atom is -0.260 e. The molecule has 1 aromatic rings. The average Bonchev–Trinajstić information content (AvgIpc) is 2.33. The maximum atomic E-state index is 11.6. The summed E-state index contributed by atoms with van der Waals surface area (Å²) in [6.45, 7) is 6.03. The van der Waals surface area contributed by atoms with E-state index in [2.05, 4.69) is 9.71 Å². The third-order valence-electron chi connectivity index (χ3n) is 2.47. The molecule has 0 radical (unpaired) electrons. The quantitative estimate of drug-likeness (QED) is 0.466. The van der Waals surface area contributed by atoms with Crippen molar-refractivity contribution in [1.29, 1.82) is 0 Å². The molecule has 0 saturated carbocycles. The molecule has 118 valence electrons. The summed E-state index contributed by atoms with van der Waals surface area (Å²) in [6.07, 6.45) is 2.89. The van der Waals surface area contributed by atoms with Crippen molar-refractivity contribution in [3.8, 4) is 0 Å². The Hall–Kier alpha value is -0.600. The first-order valence-corrected chi connectivity index (χ1v) is 9.39. The molecule has 0 bridgehead atoms. The summed E-state index contributed by atoms with van der Waals surface area (Å²) >= 11 is 6.94. The van der Waals surface area contributed by atoms with Gasteiger partial charge in [0, 0.05) is 36.0 Å². The number of hydrogen-bond acceptors (Lipinski definition) is 5. The summed E-state index contributed by atoms with van der Waals surface area (Å²) in [7, 11) is -3.24. The van der Waals surface area contributed by atoms with E-state index in [-0.39, 0.29) is 6.04 Å². The minimum absolute atomic E-state index is 0.118. The maximum absolute atomic E-state index is 11.6. The Morgan fingerprint density at radius 1 is 1.48 bits per heavy atom. The van der Waals surface area contributed by atoms with Crippen LogP contribution < -0.4 is 4.72 Å². The Balaban J connectivity index is 2.51. The van der Waals surface area contributed by atoms with Crippen LogP contribution in [0, 0.1) is 6.92 Å². The van der Waals surface area contributed by atoms with E-state index in [1.807, 2.05) is 32.9 Å². The zero-order valence-corrected chi connectivity index (χ0v) is 14.9. The van der Waals surface area contributed by atoms with Gasteiger partial charge in [-0.2, -0.15) is 0 Å². The van der Waals surface area contributed by atoms with Crippen molar-refractivity contribution < 1.29 is 8.42 Å². The highest BCUT2D eigenvalue weighted by Gasteiger charge is 2.20. The SMILES string of the molecule is Cc1cc(Cl)ccc1N=CCNSN(C(C)C)S(C)(=O)=O. The fraction of sp³-hybridized carbons (Fsp3) is 0.462. The lowest BCUT2D eigenvalue weighted by Crippen LogP contribution is -2.33. The number of aryl methyl sites for hydroxylation is 1. The lowest BCUT2D eigenvalue weighted by atomic mass is 10.2. The molecule has 0 amide bonds. The zero-order valence-electron chi connectivity index (χ0n) is 12.5. The molecule has 0 fully saturated rings. The van der Waals surface area contributed by atoms with Crippen LogP contribution in [0.3, 0.4) is 0 Å². The van der Waals surface area contributed by atoms with Crippen molar-refractivity contribution in [2.45, 2.75) is 26.8 Å². The van der Waals surface area contributed by atoms with Crippen LogP contribution in [0.25, 0.3) is 0 Å². The maximum Gasteiger partial charge on any atom is 0.221 e. The Morgan fingerprint density at radius 2 is 2.14 bits per heavy atom. The first kappa shape index (κ1) is 18.4. The summed E-state index contributed by atoms with van der Waals surface area (Å²) in [5, 5.41) is 0.681. The molecule has 0 aliphatic rings. The molecule has 8 heteroatoms. The van der Waals surface area contributed by atoms with Gasteiger partial charge in [0.2, 0.25) is 10.0 Å². The van der Waals surface area contributed by atoms with E-state index >= 15 is 0 Å². The van der Waals surface area contributed by atoms with Gasteiger partial charge in [-0.1, -0.05) is 11.6 Å². The van der Waals surface area contributed by atoms with Crippen LogP contribution in [0.1, 0.15) is 19.4 Å². The Morgan fingerprint density at radius 3 is 2.67 bits per heavy atom. The summed E-state index contributed by atoms with van der Waals surface area (Å²) in [4.78, 5) is 4.32. The second kappa shape index (κ2) is 8.14. The number of aliphatic imine (C=N–C) groups is 1. The van der Waals surface area contributed by atoms with E-state index in [9.17, 15) is 8.42 Å². The molecule has 0 spiro atoms. The number of nitrogens with zero attached hydrogens (tertiary/aromatic N) is 2. The van der Waals surface area contributed by atoms with Crippen molar-refractivity contribution in [1.82, 2.24) is 8.43 Å². The van der Waals surface area contributed by atoms with Gasteiger partial charge in [-0.3, -0.25) is 4.99 Å². The average molecular weight is 350 g/mol. The molecule has 0 atom stereocenters. The predicted molar refractivity (Wildman–Crippen MR) is 91.8 cm³/mol. The predicted octanol–water partition coefficient (Wildman–Crippen LogP) is 3.17. The number of hydrogen-bond donors (Lipinski definition) is 1. The summed E-state index contributed by atoms with van der Waals surface area (Å²) < 4.78 is 27.4. The molecule has 21 heavy (non-hydrogen) atoms. The molecule has 0 saturated heterocycles. The van der Waals surface area contributed by atoms with Crippen LogP contribution in [-0.4, -0.2) is 37.2 Å². The van der Waals surface area contributed by atoms with Crippen LogP contribution in [0.5, 0.6) is 0 Å². The van der Waals surface area contributed by atoms with Crippen molar-refractivity contribution in [3.63, 3.8) is 0 Å². The van der Waals surface area contributed by atoms with E-state index in [1.54, 1.807) is 12.3 Å². The first-order valence-electron chi connectivity index (χ1n) is 6.39. The molecular weight excluding hydrogens is 330 g/mol. The molecule has 0 unspecified atom stereocenters. The Labute approximate surface area is 136 Å². The first-order chi connectivity index (χ1) is 9.71. The zero-order chi connectivity index (χ0) is 16.0. The van der Waals surface area contributed by atoms with Crippen molar-refractivity contribution in [3.05, 3.63) is 28.8 Å².